The Bertz CT molecular complexity index is 803. The van der Waals surface area contributed by atoms with Crippen LogP contribution in [0.25, 0.3) is 0 Å². The fourth-order valence-corrected chi connectivity index (χ4v) is 4.14. The molecule has 0 aliphatic carbocycles. The number of aromatic nitrogens is 2. The van der Waals surface area contributed by atoms with Crippen molar-refractivity contribution in [3.05, 3.63) is 41.0 Å². The molecule has 2 aromatic rings. The molecule has 1 atom stereocenters. The number of likely N-dealkylation sites (tertiary alicyclic amines) is 1. The zero-order valence-electron chi connectivity index (χ0n) is 14.6. The van der Waals surface area contributed by atoms with Gasteiger partial charge in [-0.25, -0.2) is 4.79 Å². The summed E-state index contributed by atoms with van der Waals surface area (Å²) >= 11 is 6.16. The monoisotopic (exact) mass is 376 g/mol. The van der Waals surface area contributed by atoms with E-state index < -0.39 is 0 Å². The highest BCUT2D eigenvalue weighted by atomic mass is 35.5. The van der Waals surface area contributed by atoms with E-state index in [9.17, 15) is 4.79 Å². The van der Waals surface area contributed by atoms with Gasteiger partial charge in [-0.15, -0.1) is 0 Å². The third-order valence-electron chi connectivity index (χ3n) is 5.38. The standard InChI is InChI=1S/C18H21ClN4O3/c1-12-20-16(26-22-12)13-10-23(11-18(13)6-8-25-9-7-18)17(24)21-15-5-3-2-4-14(15)19/h2-5,13H,6-11H2,1H3,(H,21,24). The summed E-state index contributed by atoms with van der Waals surface area (Å²) in [7, 11) is 0. The molecular weight excluding hydrogens is 356 g/mol. The second kappa shape index (κ2) is 6.89. The second-order valence-electron chi connectivity index (χ2n) is 7.00. The Morgan fingerprint density at radius 2 is 2.12 bits per heavy atom. The van der Waals surface area contributed by atoms with Crippen molar-refractivity contribution in [2.75, 3.05) is 31.6 Å². The van der Waals surface area contributed by atoms with Crippen LogP contribution in [0.4, 0.5) is 10.5 Å². The number of carbonyl (C=O) groups is 1. The van der Waals surface area contributed by atoms with Crippen molar-refractivity contribution in [1.82, 2.24) is 15.0 Å². The van der Waals surface area contributed by atoms with Crippen molar-refractivity contribution >= 4 is 23.3 Å². The van der Waals surface area contributed by atoms with Gasteiger partial charge in [0, 0.05) is 31.7 Å². The number of amides is 2. The number of anilines is 1. The Kier molecular flexibility index (Phi) is 4.58. The number of urea groups is 1. The Balaban J connectivity index is 1.56. The highest BCUT2D eigenvalue weighted by Gasteiger charge is 2.51. The number of hydrogen-bond acceptors (Lipinski definition) is 5. The molecule has 8 heteroatoms. The molecule has 3 heterocycles. The lowest BCUT2D eigenvalue weighted by molar-refractivity contribution is 0.00959. The minimum absolute atomic E-state index is 0.0181. The molecule has 1 aromatic carbocycles. The number of benzene rings is 1. The van der Waals surface area contributed by atoms with E-state index in [2.05, 4.69) is 15.5 Å². The second-order valence-corrected chi connectivity index (χ2v) is 7.40. The molecule has 0 saturated carbocycles. The van der Waals surface area contributed by atoms with Crippen molar-refractivity contribution in [3.63, 3.8) is 0 Å². The van der Waals surface area contributed by atoms with Crippen molar-refractivity contribution in [2.45, 2.75) is 25.7 Å². The molecule has 1 N–H and O–H groups in total. The molecule has 2 saturated heterocycles. The van der Waals surface area contributed by atoms with Crippen LogP contribution in [0.2, 0.25) is 5.02 Å². The maximum Gasteiger partial charge on any atom is 0.321 e. The number of carbonyl (C=O) groups excluding carboxylic acids is 1. The van der Waals surface area contributed by atoms with E-state index in [4.69, 9.17) is 20.9 Å². The number of para-hydroxylation sites is 1. The van der Waals surface area contributed by atoms with E-state index >= 15 is 0 Å². The summed E-state index contributed by atoms with van der Waals surface area (Å²) < 4.78 is 11.0. The lowest BCUT2D eigenvalue weighted by atomic mass is 9.72. The molecule has 0 bridgehead atoms. The Hall–Kier alpha value is -2.12. The number of nitrogens with one attached hydrogen (secondary N) is 1. The highest BCUT2D eigenvalue weighted by molar-refractivity contribution is 6.33. The normalized spacial score (nSPS) is 21.9. The Morgan fingerprint density at radius 1 is 1.35 bits per heavy atom. The fourth-order valence-electron chi connectivity index (χ4n) is 3.96. The van der Waals surface area contributed by atoms with Gasteiger partial charge in [-0.3, -0.25) is 0 Å². The Labute approximate surface area is 156 Å². The molecule has 2 aliphatic rings. The lowest BCUT2D eigenvalue weighted by Gasteiger charge is -2.36. The number of hydrogen-bond donors (Lipinski definition) is 1. The average molecular weight is 377 g/mol. The molecule has 1 aromatic heterocycles. The zero-order valence-corrected chi connectivity index (χ0v) is 15.3. The van der Waals surface area contributed by atoms with Crippen LogP contribution in [0, 0.1) is 12.3 Å². The molecule has 26 heavy (non-hydrogen) atoms. The average Bonchev–Trinajstić information content (AvgIpc) is 3.22. The summed E-state index contributed by atoms with van der Waals surface area (Å²) in [5.41, 5.74) is 0.520. The quantitative estimate of drug-likeness (QED) is 0.868. The first-order chi connectivity index (χ1) is 12.6. The third-order valence-corrected chi connectivity index (χ3v) is 5.71. The van der Waals surface area contributed by atoms with Gasteiger partial charge in [0.15, 0.2) is 5.82 Å². The molecule has 2 aliphatic heterocycles. The first-order valence-electron chi connectivity index (χ1n) is 8.76. The predicted molar refractivity (Wildman–Crippen MR) is 96.3 cm³/mol. The van der Waals surface area contributed by atoms with E-state index in [1.807, 2.05) is 17.0 Å². The first-order valence-corrected chi connectivity index (χ1v) is 9.14. The number of ether oxygens (including phenoxy) is 1. The van der Waals surface area contributed by atoms with Crippen LogP contribution in [-0.2, 0) is 4.74 Å². The van der Waals surface area contributed by atoms with Crippen molar-refractivity contribution in [3.8, 4) is 0 Å². The summed E-state index contributed by atoms with van der Waals surface area (Å²) in [5.74, 6) is 1.24. The minimum Gasteiger partial charge on any atom is -0.381 e. The van der Waals surface area contributed by atoms with Crippen LogP contribution in [0.3, 0.4) is 0 Å². The minimum atomic E-state index is -0.164. The van der Waals surface area contributed by atoms with E-state index in [-0.39, 0.29) is 17.4 Å². The molecular formula is C18H21ClN4O3. The molecule has 2 amide bonds. The molecule has 1 spiro atoms. The van der Waals surface area contributed by atoms with Gasteiger partial charge in [-0.1, -0.05) is 28.9 Å². The molecule has 4 rings (SSSR count). The van der Waals surface area contributed by atoms with E-state index in [1.165, 1.54) is 0 Å². The van der Waals surface area contributed by atoms with Crippen LogP contribution >= 0.6 is 11.6 Å². The van der Waals surface area contributed by atoms with Gasteiger partial charge >= 0.3 is 6.03 Å². The van der Waals surface area contributed by atoms with E-state index in [0.29, 0.717) is 48.7 Å². The van der Waals surface area contributed by atoms with Gasteiger partial charge in [-0.2, -0.15) is 4.98 Å². The molecule has 7 nitrogen and oxygen atoms in total. The van der Waals surface area contributed by atoms with Crippen LogP contribution < -0.4 is 5.32 Å². The van der Waals surface area contributed by atoms with Crippen molar-refractivity contribution in [1.29, 1.82) is 0 Å². The smallest absolute Gasteiger partial charge is 0.321 e. The summed E-state index contributed by atoms with van der Waals surface area (Å²) in [6, 6.07) is 7.06. The number of nitrogens with zero attached hydrogens (tertiary/aromatic N) is 3. The molecule has 0 radical (unpaired) electrons. The summed E-state index contributed by atoms with van der Waals surface area (Å²) in [5, 5.41) is 7.36. The first kappa shape index (κ1) is 17.3. The van der Waals surface area contributed by atoms with Gasteiger partial charge in [-0.05, 0) is 31.9 Å². The van der Waals surface area contributed by atoms with Crippen LogP contribution in [0.5, 0.6) is 0 Å². The molecule has 1 unspecified atom stereocenters. The Morgan fingerprint density at radius 3 is 2.81 bits per heavy atom. The van der Waals surface area contributed by atoms with E-state index in [0.717, 1.165) is 12.8 Å². The van der Waals surface area contributed by atoms with E-state index in [1.54, 1.807) is 19.1 Å². The largest absolute Gasteiger partial charge is 0.381 e. The predicted octanol–water partition coefficient (Wildman–Crippen LogP) is 3.46. The van der Waals surface area contributed by atoms with Gasteiger partial charge in [0.2, 0.25) is 5.89 Å². The van der Waals surface area contributed by atoms with Gasteiger partial charge in [0.25, 0.3) is 0 Å². The topological polar surface area (TPSA) is 80.5 Å². The van der Waals surface area contributed by atoms with Gasteiger partial charge in [0.1, 0.15) is 0 Å². The molecule has 138 valence electrons. The molecule has 2 fully saturated rings. The SMILES string of the molecule is Cc1noc(C2CN(C(=O)Nc3ccccc3Cl)CC23CCOCC3)n1. The fraction of sp³-hybridized carbons (Fsp3) is 0.500. The maximum absolute atomic E-state index is 12.8. The van der Waals surface area contributed by atoms with Crippen molar-refractivity contribution in [2.24, 2.45) is 5.41 Å². The number of halogens is 1. The summed E-state index contributed by atoms with van der Waals surface area (Å²) in [4.78, 5) is 19.1. The number of rotatable bonds is 2. The highest BCUT2D eigenvalue weighted by Crippen LogP contribution is 2.49. The number of aryl methyl sites for hydroxylation is 1. The van der Waals surface area contributed by atoms with Gasteiger partial charge in [0.05, 0.1) is 16.6 Å². The van der Waals surface area contributed by atoms with Crippen LogP contribution in [0.15, 0.2) is 28.8 Å². The summed E-state index contributed by atoms with van der Waals surface area (Å²) in [6.45, 7) is 4.35. The van der Waals surface area contributed by atoms with Crippen LogP contribution in [-0.4, -0.2) is 47.4 Å². The summed E-state index contributed by atoms with van der Waals surface area (Å²) in [6.07, 6.45) is 1.74. The third kappa shape index (κ3) is 3.17. The maximum atomic E-state index is 12.8. The van der Waals surface area contributed by atoms with Gasteiger partial charge < -0.3 is 19.5 Å². The lowest BCUT2D eigenvalue weighted by Crippen LogP contribution is -2.38. The van der Waals surface area contributed by atoms with Crippen LogP contribution in [0.1, 0.15) is 30.5 Å². The van der Waals surface area contributed by atoms with Crippen molar-refractivity contribution < 1.29 is 14.1 Å². The zero-order chi connectivity index (χ0) is 18.1.